The first-order chi connectivity index (χ1) is 13.1. The SMILES string of the molecule is Cc1ccc(-c2nc3scc(CCNC(=O)c4ccc(Cl)cc4)n3n2)cc1. The van der Waals surface area contributed by atoms with Crippen LogP contribution >= 0.6 is 22.9 Å². The molecule has 4 rings (SSSR count). The Morgan fingerprint density at radius 1 is 1.15 bits per heavy atom. The number of nitrogens with one attached hydrogen (secondary N) is 1. The van der Waals surface area contributed by atoms with Crippen molar-refractivity contribution in [3.8, 4) is 11.4 Å². The van der Waals surface area contributed by atoms with Crippen molar-refractivity contribution in [3.63, 3.8) is 0 Å². The summed E-state index contributed by atoms with van der Waals surface area (Å²) in [5, 5.41) is 10.2. The minimum atomic E-state index is -0.114. The molecule has 0 aliphatic carbocycles. The van der Waals surface area contributed by atoms with Crippen LogP contribution in [0.1, 0.15) is 21.6 Å². The number of aryl methyl sites for hydroxylation is 1. The monoisotopic (exact) mass is 396 g/mol. The maximum absolute atomic E-state index is 12.2. The number of carbonyl (C=O) groups excluding carboxylic acids is 1. The summed E-state index contributed by atoms with van der Waals surface area (Å²) in [7, 11) is 0. The summed E-state index contributed by atoms with van der Waals surface area (Å²) in [6.07, 6.45) is 0.677. The van der Waals surface area contributed by atoms with E-state index in [9.17, 15) is 4.79 Å². The van der Waals surface area contributed by atoms with Crippen molar-refractivity contribution in [1.82, 2.24) is 19.9 Å². The van der Waals surface area contributed by atoms with E-state index in [0.29, 0.717) is 29.4 Å². The number of amides is 1. The summed E-state index contributed by atoms with van der Waals surface area (Å²) >= 11 is 7.40. The Labute approximate surface area is 165 Å². The van der Waals surface area contributed by atoms with Crippen molar-refractivity contribution < 1.29 is 4.79 Å². The van der Waals surface area contributed by atoms with Gasteiger partial charge in [-0.2, -0.15) is 4.98 Å². The maximum Gasteiger partial charge on any atom is 0.251 e. The Hall–Kier alpha value is -2.70. The summed E-state index contributed by atoms with van der Waals surface area (Å²) in [6.45, 7) is 2.58. The highest BCUT2D eigenvalue weighted by Crippen LogP contribution is 2.21. The number of fused-ring (bicyclic) bond motifs is 1. The third-order valence-corrected chi connectivity index (χ3v) is 5.35. The zero-order valence-corrected chi connectivity index (χ0v) is 16.2. The summed E-state index contributed by atoms with van der Waals surface area (Å²) in [4.78, 5) is 17.6. The van der Waals surface area contributed by atoms with Crippen LogP contribution in [0.5, 0.6) is 0 Å². The Balaban J connectivity index is 1.44. The van der Waals surface area contributed by atoms with Gasteiger partial charge in [0.1, 0.15) is 0 Å². The van der Waals surface area contributed by atoms with Crippen LogP contribution < -0.4 is 5.32 Å². The smallest absolute Gasteiger partial charge is 0.251 e. The number of nitrogens with zero attached hydrogens (tertiary/aromatic N) is 3. The molecular formula is C20H17ClN4OS. The largest absolute Gasteiger partial charge is 0.352 e. The van der Waals surface area contributed by atoms with Gasteiger partial charge in [0.2, 0.25) is 4.96 Å². The van der Waals surface area contributed by atoms with E-state index in [-0.39, 0.29) is 5.91 Å². The molecule has 1 N–H and O–H groups in total. The molecule has 0 atom stereocenters. The third-order valence-electron chi connectivity index (χ3n) is 4.23. The minimum Gasteiger partial charge on any atom is -0.352 e. The fraction of sp³-hybridized carbons (Fsp3) is 0.150. The second-order valence-corrected chi connectivity index (χ2v) is 7.51. The molecule has 0 radical (unpaired) electrons. The third kappa shape index (κ3) is 3.86. The van der Waals surface area contributed by atoms with Crippen molar-refractivity contribution in [1.29, 1.82) is 0 Å². The van der Waals surface area contributed by atoms with Gasteiger partial charge in [0.05, 0.1) is 5.69 Å². The van der Waals surface area contributed by atoms with E-state index >= 15 is 0 Å². The molecule has 0 fully saturated rings. The van der Waals surface area contributed by atoms with Gasteiger partial charge in [-0.25, -0.2) is 4.52 Å². The van der Waals surface area contributed by atoms with Crippen LogP contribution in [0.3, 0.4) is 0 Å². The van der Waals surface area contributed by atoms with Crippen LogP contribution in [0, 0.1) is 6.92 Å². The maximum atomic E-state index is 12.2. The van der Waals surface area contributed by atoms with Crippen LogP contribution in [0.15, 0.2) is 53.9 Å². The second-order valence-electron chi connectivity index (χ2n) is 6.24. The summed E-state index contributed by atoms with van der Waals surface area (Å²) < 4.78 is 1.86. The number of benzene rings is 2. The molecule has 0 aliphatic heterocycles. The predicted molar refractivity (Wildman–Crippen MR) is 109 cm³/mol. The standard InChI is InChI=1S/C20H17ClN4OS/c1-13-2-4-14(5-3-13)18-23-20-25(24-18)17(12-27-20)10-11-22-19(26)15-6-8-16(21)9-7-15/h2-9,12H,10-11H2,1H3,(H,22,26). The molecule has 2 aromatic carbocycles. The molecule has 2 heterocycles. The first-order valence-electron chi connectivity index (χ1n) is 8.54. The number of halogens is 1. The minimum absolute atomic E-state index is 0.114. The molecule has 4 aromatic rings. The lowest BCUT2D eigenvalue weighted by atomic mass is 10.1. The van der Waals surface area contributed by atoms with Crippen molar-refractivity contribution in [2.45, 2.75) is 13.3 Å². The molecule has 2 aromatic heterocycles. The lowest BCUT2D eigenvalue weighted by Gasteiger charge is -2.04. The van der Waals surface area contributed by atoms with Crippen LogP contribution in [-0.2, 0) is 6.42 Å². The fourth-order valence-electron chi connectivity index (χ4n) is 2.73. The van der Waals surface area contributed by atoms with E-state index in [1.54, 1.807) is 35.6 Å². The summed E-state index contributed by atoms with van der Waals surface area (Å²) in [5.41, 5.74) is 3.82. The molecule has 5 nitrogen and oxygen atoms in total. The quantitative estimate of drug-likeness (QED) is 0.544. The van der Waals surface area contributed by atoms with E-state index in [1.165, 1.54) is 5.56 Å². The van der Waals surface area contributed by atoms with Gasteiger partial charge in [-0.1, -0.05) is 41.4 Å². The number of hydrogen-bond donors (Lipinski definition) is 1. The number of rotatable bonds is 5. The highest BCUT2D eigenvalue weighted by Gasteiger charge is 2.12. The van der Waals surface area contributed by atoms with Gasteiger partial charge in [-0.15, -0.1) is 16.4 Å². The zero-order chi connectivity index (χ0) is 18.8. The van der Waals surface area contributed by atoms with Gasteiger partial charge >= 0.3 is 0 Å². The molecule has 0 saturated carbocycles. The Morgan fingerprint density at radius 2 is 1.89 bits per heavy atom. The van der Waals surface area contributed by atoms with E-state index in [1.807, 2.05) is 22.0 Å². The summed E-state index contributed by atoms with van der Waals surface area (Å²) in [6, 6.07) is 15.0. The van der Waals surface area contributed by atoms with Crippen LogP contribution in [-0.4, -0.2) is 27.0 Å². The lowest BCUT2D eigenvalue weighted by molar-refractivity contribution is 0.0954. The zero-order valence-electron chi connectivity index (χ0n) is 14.6. The Morgan fingerprint density at radius 3 is 2.63 bits per heavy atom. The molecule has 0 bridgehead atoms. The van der Waals surface area contributed by atoms with Gasteiger partial charge in [0, 0.05) is 34.5 Å². The number of hydrogen-bond acceptors (Lipinski definition) is 4. The van der Waals surface area contributed by atoms with Crippen molar-refractivity contribution in [3.05, 3.63) is 75.8 Å². The van der Waals surface area contributed by atoms with Crippen LogP contribution in [0.25, 0.3) is 16.3 Å². The topological polar surface area (TPSA) is 59.3 Å². The lowest BCUT2D eigenvalue weighted by Crippen LogP contribution is -2.25. The highest BCUT2D eigenvalue weighted by molar-refractivity contribution is 7.15. The normalized spacial score (nSPS) is 11.0. The molecule has 7 heteroatoms. The van der Waals surface area contributed by atoms with E-state index < -0.39 is 0 Å². The van der Waals surface area contributed by atoms with E-state index in [0.717, 1.165) is 16.2 Å². The Bertz CT molecular complexity index is 1080. The molecule has 0 unspecified atom stereocenters. The van der Waals surface area contributed by atoms with E-state index in [4.69, 9.17) is 11.6 Å². The first kappa shape index (κ1) is 17.7. The second kappa shape index (κ2) is 7.50. The number of thiazole rings is 1. The molecule has 0 saturated heterocycles. The molecule has 0 spiro atoms. The van der Waals surface area contributed by atoms with Gasteiger partial charge < -0.3 is 5.32 Å². The molecule has 136 valence electrons. The number of aromatic nitrogens is 3. The van der Waals surface area contributed by atoms with Gasteiger partial charge in [-0.3, -0.25) is 4.79 Å². The highest BCUT2D eigenvalue weighted by atomic mass is 35.5. The van der Waals surface area contributed by atoms with Gasteiger partial charge in [0.15, 0.2) is 5.82 Å². The van der Waals surface area contributed by atoms with Crippen LogP contribution in [0.2, 0.25) is 5.02 Å². The van der Waals surface area contributed by atoms with Gasteiger partial charge in [0.25, 0.3) is 5.91 Å². The average Bonchev–Trinajstić information content (AvgIpc) is 3.24. The predicted octanol–water partition coefficient (Wildman–Crippen LogP) is 4.39. The van der Waals surface area contributed by atoms with Crippen molar-refractivity contribution in [2.24, 2.45) is 0 Å². The molecule has 27 heavy (non-hydrogen) atoms. The van der Waals surface area contributed by atoms with Crippen molar-refractivity contribution >= 4 is 33.8 Å². The fourth-order valence-corrected chi connectivity index (χ4v) is 3.71. The number of carbonyl (C=O) groups is 1. The summed E-state index contributed by atoms with van der Waals surface area (Å²) in [5.74, 6) is 0.602. The van der Waals surface area contributed by atoms with E-state index in [2.05, 4.69) is 34.5 Å². The molecule has 1 amide bonds. The van der Waals surface area contributed by atoms with Gasteiger partial charge in [-0.05, 0) is 31.2 Å². The Kier molecular flexibility index (Phi) is 4.92. The molecular weight excluding hydrogens is 380 g/mol. The first-order valence-corrected chi connectivity index (χ1v) is 9.80. The molecule has 0 aliphatic rings. The van der Waals surface area contributed by atoms with Crippen LogP contribution in [0.4, 0.5) is 0 Å². The van der Waals surface area contributed by atoms with Crippen molar-refractivity contribution in [2.75, 3.05) is 6.54 Å². The average molecular weight is 397 g/mol.